The summed E-state index contributed by atoms with van der Waals surface area (Å²) in [5.41, 5.74) is 3.58. The summed E-state index contributed by atoms with van der Waals surface area (Å²) in [6, 6.07) is 16.6. The van der Waals surface area contributed by atoms with Crippen molar-refractivity contribution in [2.75, 3.05) is 10.6 Å². The number of fused-ring (bicyclic) bond motifs is 1. The van der Waals surface area contributed by atoms with Crippen LogP contribution in [0.25, 0.3) is 16.8 Å². The molecule has 0 unspecified atom stereocenters. The molecule has 2 heterocycles. The van der Waals surface area contributed by atoms with E-state index >= 15 is 0 Å². The summed E-state index contributed by atoms with van der Waals surface area (Å²) in [6.45, 7) is 6.29. The Morgan fingerprint density at radius 2 is 1.73 bits per heavy atom. The number of amides is 3. The Morgan fingerprint density at radius 1 is 0.973 bits per heavy atom. The Kier molecular flexibility index (Phi) is 5.99. The lowest BCUT2D eigenvalue weighted by atomic mass is 9.92. The van der Waals surface area contributed by atoms with Gasteiger partial charge in [-0.15, -0.1) is 0 Å². The van der Waals surface area contributed by atoms with E-state index in [1.54, 1.807) is 36.4 Å². The number of rotatable bonds is 4. The zero-order chi connectivity index (χ0) is 26.3. The van der Waals surface area contributed by atoms with Crippen LogP contribution in [0.3, 0.4) is 0 Å². The molecule has 0 fully saturated rings. The minimum Gasteiger partial charge on any atom is -0.348 e. The van der Waals surface area contributed by atoms with E-state index in [0.717, 1.165) is 11.1 Å². The first-order chi connectivity index (χ1) is 17.6. The molecule has 3 aromatic carbocycles. The molecule has 5 rings (SSSR count). The average molecular weight is 502 g/mol. The third-order valence-corrected chi connectivity index (χ3v) is 6.14. The zero-order valence-electron chi connectivity index (χ0n) is 20.5. The maximum absolute atomic E-state index is 14.7. The predicted octanol–water partition coefficient (Wildman–Crippen LogP) is 6.00. The van der Waals surface area contributed by atoms with E-state index in [0.29, 0.717) is 34.9 Å². The molecule has 1 aromatic heterocycles. The molecular formula is C28H25F2N5O2. The van der Waals surface area contributed by atoms with Crippen LogP contribution in [-0.2, 0) is 12.0 Å². The number of urea groups is 1. The molecule has 0 saturated carbocycles. The van der Waals surface area contributed by atoms with Gasteiger partial charge in [-0.25, -0.2) is 18.3 Å². The Balaban J connectivity index is 1.44. The van der Waals surface area contributed by atoms with Crippen LogP contribution in [0.15, 0.2) is 66.7 Å². The molecule has 9 heteroatoms. The Labute approximate surface area is 212 Å². The largest absolute Gasteiger partial charge is 0.348 e. The molecule has 0 spiro atoms. The van der Waals surface area contributed by atoms with E-state index in [9.17, 15) is 18.4 Å². The maximum Gasteiger partial charge on any atom is 0.324 e. The van der Waals surface area contributed by atoms with Gasteiger partial charge in [-0.05, 0) is 53.1 Å². The van der Waals surface area contributed by atoms with Gasteiger partial charge >= 0.3 is 6.03 Å². The average Bonchev–Trinajstić information content (AvgIpc) is 3.44. The van der Waals surface area contributed by atoms with Crippen molar-refractivity contribution < 1.29 is 18.4 Å². The van der Waals surface area contributed by atoms with Gasteiger partial charge in [0.05, 0.1) is 17.1 Å². The summed E-state index contributed by atoms with van der Waals surface area (Å²) in [5.74, 6) is -0.908. The second kappa shape index (κ2) is 9.16. The maximum atomic E-state index is 14.7. The number of carbonyl (C=O) groups excluding carboxylic acids is 2. The lowest BCUT2D eigenvalue weighted by Gasteiger charge is -2.14. The minimum absolute atomic E-state index is 0.0299. The number of anilines is 2. The van der Waals surface area contributed by atoms with E-state index in [2.05, 4.69) is 21.0 Å². The van der Waals surface area contributed by atoms with Gasteiger partial charge in [-0.3, -0.25) is 10.1 Å². The second-order valence-electron chi connectivity index (χ2n) is 9.84. The number of hydrogen-bond donors (Lipinski definition) is 3. The number of aromatic nitrogens is 2. The Hall–Kier alpha value is -4.53. The molecule has 4 aromatic rings. The van der Waals surface area contributed by atoms with Crippen molar-refractivity contribution in [3.05, 3.63) is 95.2 Å². The van der Waals surface area contributed by atoms with E-state index in [4.69, 9.17) is 0 Å². The van der Waals surface area contributed by atoms with Gasteiger partial charge in [-0.2, -0.15) is 5.10 Å². The lowest BCUT2D eigenvalue weighted by Crippen LogP contribution is -2.22. The van der Waals surface area contributed by atoms with Crippen molar-refractivity contribution in [2.45, 2.75) is 32.7 Å². The first-order valence-electron chi connectivity index (χ1n) is 11.7. The third kappa shape index (κ3) is 4.80. The highest BCUT2D eigenvalue weighted by Crippen LogP contribution is 2.32. The van der Waals surface area contributed by atoms with Gasteiger partial charge in [0.25, 0.3) is 5.91 Å². The van der Waals surface area contributed by atoms with E-state index in [1.807, 2.05) is 26.8 Å². The van der Waals surface area contributed by atoms with Gasteiger partial charge in [-0.1, -0.05) is 45.0 Å². The summed E-state index contributed by atoms with van der Waals surface area (Å²) in [5, 5.41) is 12.6. The van der Waals surface area contributed by atoms with Crippen molar-refractivity contribution in [1.82, 2.24) is 15.1 Å². The van der Waals surface area contributed by atoms with Crippen molar-refractivity contribution in [2.24, 2.45) is 0 Å². The monoisotopic (exact) mass is 501 g/mol. The highest BCUT2D eigenvalue weighted by molar-refractivity contribution is 6.01. The fraction of sp³-hybridized carbons (Fsp3) is 0.179. The number of nitrogens with zero attached hydrogens (tertiary/aromatic N) is 2. The fourth-order valence-electron chi connectivity index (χ4n) is 4.22. The molecule has 0 aliphatic carbocycles. The van der Waals surface area contributed by atoms with Gasteiger partial charge in [0.1, 0.15) is 17.5 Å². The van der Waals surface area contributed by atoms with Gasteiger partial charge < -0.3 is 10.6 Å². The first kappa shape index (κ1) is 24.2. The Bertz CT molecular complexity index is 1540. The number of benzene rings is 3. The molecule has 37 heavy (non-hydrogen) atoms. The molecule has 0 saturated heterocycles. The van der Waals surface area contributed by atoms with Crippen molar-refractivity contribution in [3.8, 4) is 16.8 Å². The van der Waals surface area contributed by atoms with E-state index in [1.165, 1.54) is 28.9 Å². The minimum atomic E-state index is -0.691. The number of halogens is 2. The zero-order valence-corrected chi connectivity index (χ0v) is 20.5. The fourth-order valence-corrected chi connectivity index (χ4v) is 4.22. The SMILES string of the molecule is CC(C)(C)c1cc(NC(=O)Nc2cc(-c3cccc4c3CNC4=O)ccc2F)n(-c2cccc(F)c2)n1. The van der Waals surface area contributed by atoms with Gasteiger partial charge in [0, 0.05) is 23.6 Å². The third-order valence-electron chi connectivity index (χ3n) is 6.14. The molecule has 3 N–H and O–H groups in total. The van der Waals surface area contributed by atoms with Crippen LogP contribution < -0.4 is 16.0 Å². The number of carbonyl (C=O) groups is 2. The van der Waals surface area contributed by atoms with Crippen LogP contribution in [0.2, 0.25) is 0 Å². The van der Waals surface area contributed by atoms with Crippen LogP contribution >= 0.6 is 0 Å². The highest BCUT2D eigenvalue weighted by atomic mass is 19.1. The van der Waals surface area contributed by atoms with Crippen molar-refractivity contribution >= 4 is 23.4 Å². The lowest BCUT2D eigenvalue weighted by molar-refractivity contribution is 0.0965. The summed E-state index contributed by atoms with van der Waals surface area (Å²) in [7, 11) is 0. The number of nitrogens with one attached hydrogen (secondary N) is 3. The molecule has 0 bridgehead atoms. The smallest absolute Gasteiger partial charge is 0.324 e. The standard InChI is InChI=1S/C28H25F2N5O2/c1-28(2,3)24-14-25(35(34-24)18-7-4-6-17(29)13-18)33-27(37)32-23-12-16(10-11-22(23)30)19-8-5-9-20-21(19)15-31-26(20)36/h4-14H,15H2,1-3H3,(H,31,36)(H2,32,33,37). The quantitative estimate of drug-likeness (QED) is 0.320. The van der Waals surface area contributed by atoms with Crippen LogP contribution in [0.1, 0.15) is 42.4 Å². The Morgan fingerprint density at radius 3 is 2.49 bits per heavy atom. The molecule has 1 aliphatic rings. The molecule has 3 amide bonds. The first-order valence-corrected chi connectivity index (χ1v) is 11.7. The molecule has 1 aliphatic heterocycles. The molecular weight excluding hydrogens is 476 g/mol. The normalized spacial score (nSPS) is 12.7. The van der Waals surface area contributed by atoms with Crippen LogP contribution in [0.4, 0.5) is 25.1 Å². The van der Waals surface area contributed by atoms with Crippen molar-refractivity contribution in [3.63, 3.8) is 0 Å². The number of hydrogen-bond acceptors (Lipinski definition) is 3. The molecule has 0 radical (unpaired) electrons. The summed E-state index contributed by atoms with van der Waals surface area (Å²) in [6.07, 6.45) is 0. The summed E-state index contributed by atoms with van der Waals surface area (Å²) < 4.78 is 30.0. The highest BCUT2D eigenvalue weighted by Gasteiger charge is 2.24. The van der Waals surface area contributed by atoms with Crippen LogP contribution in [0, 0.1) is 11.6 Å². The molecule has 7 nitrogen and oxygen atoms in total. The van der Waals surface area contributed by atoms with Crippen molar-refractivity contribution in [1.29, 1.82) is 0 Å². The molecule has 188 valence electrons. The van der Waals surface area contributed by atoms with Crippen LogP contribution in [-0.4, -0.2) is 21.7 Å². The van der Waals surface area contributed by atoms with E-state index < -0.39 is 17.7 Å². The second-order valence-corrected chi connectivity index (χ2v) is 9.84. The predicted molar refractivity (Wildman–Crippen MR) is 138 cm³/mol. The topological polar surface area (TPSA) is 88.0 Å². The summed E-state index contributed by atoms with van der Waals surface area (Å²) >= 11 is 0. The van der Waals surface area contributed by atoms with Gasteiger partial charge in [0.15, 0.2) is 0 Å². The van der Waals surface area contributed by atoms with Gasteiger partial charge in [0.2, 0.25) is 0 Å². The van der Waals surface area contributed by atoms with E-state index in [-0.39, 0.29) is 17.0 Å². The molecule has 0 atom stereocenters. The summed E-state index contributed by atoms with van der Waals surface area (Å²) in [4.78, 5) is 25.0. The van der Waals surface area contributed by atoms with Crippen LogP contribution in [0.5, 0.6) is 0 Å².